The zero-order chi connectivity index (χ0) is 17.9. The molecule has 0 atom stereocenters. The van der Waals surface area contributed by atoms with Crippen LogP contribution in [0.25, 0.3) is 0 Å². The van der Waals surface area contributed by atoms with Gasteiger partial charge in [-0.3, -0.25) is 9.59 Å². The van der Waals surface area contributed by atoms with Crippen LogP contribution in [0.2, 0.25) is 0 Å². The van der Waals surface area contributed by atoms with Gasteiger partial charge in [-0.2, -0.15) is 10.5 Å². The van der Waals surface area contributed by atoms with Gasteiger partial charge in [-0.25, -0.2) is 0 Å². The Bertz CT molecular complexity index is 859. The SMILES string of the molecule is N#Cc1cccc(NC(=O)C2(C(=O)Nc3cccc(C#N)c3)CC2)c1. The number of benzene rings is 2. The Morgan fingerprint density at radius 1 is 0.840 bits per heavy atom. The molecule has 0 aliphatic heterocycles. The molecule has 0 bridgehead atoms. The molecule has 3 rings (SSSR count). The van der Waals surface area contributed by atoms with E-state index in [0.717, 1.165) is 0 Å². The normalized spacial score (nSPS) is 13.8. The maximum atomic E-state index is 12.5. The number of carbonyl (C=O) groups is 2. The lowest BCUT2D eigenvalue weighted by molar-refractivity contribution is -0.131. The number of hydrogen-bond acceptors (Lipinski definition) is 4. The standard InChI is InChI=1S/C19H14N4O2/c20-11-13-3-1-5-15(9-13)22-17(24)19(7-8-19)18(25)23-16-6-2-4-14(10-16)12-21/h1-6,9-10H,7-8H2,(H,22,24)(H,23,25). The molecular formula is C19H14N4O2. The van der Waals surface area contributed by atoms with E-state index in [9.17, 15) is 9.59 Å². The van der Waals surface area contributed by atoms with E-state index < -0.39 is 17.2 Å². The Morgan fingerprint density at radius 2 is 1.28 bits per heavy atom. The molecule has 1 saturated carbocycles. The van der Waals surface area contributed by atoms with Crippen LogP contribution in [-0.2, 0) is 9.59 Å². The minimum absolute atomic E-state index is 0.392. The molecule has 0 saturated heterocycles. The molecule has 1 aliphatic carbocycles. The summed E-state index contributed by atoms with van der Waals surface area (Å²) in [6.07, 6.45) is 0.918. The van der Waals surface area contributed by atoms with Gasteiger partial charge in [-0.15, -0.1) is 0 Å². The highest BCUT2D eigenvalue weighted by Gasteiger charge is 2.56. The van der Waals surface area contributed by atoms with Gasteiger partial charge >= 0.3 is 0 Å². The average molecular weight is 330 g/mol. The van der Waals surface area contributed by atoms with Gasteiger partial charge in [0.05, 0.1) is 23.3 Å². The number of amides is 2. The topological polar surface area (TPSA) is 106 Å². The number of anilines is 2. The summed E-state index contributed by atoms with van der Waals surface area (Å²) < 4.78 is 0. The van der Waals surface area contributed by atoms with E-state index in [1.807, 2.05) is 12.1 Å². The van der Waals surface area contributed by atoms with Gasteiger partial charge in [0.25, 0.3) is 0 Å². The molecule has 0 heterocycles. The highest BCUT2D eigenvalue weighted by atomic mass is 16.2. The zero-order valence-corrected chi connectivity index (χ0v) is 13.2. The second kappa shape index (κ2) is 6.46. The molecule has 0 radical (unpaired) electrons. The van der Waals surface area contributed by atoms with Crippen LogP contribution in [0.5, 0.6) is 0 Å². The molecule has 2 aromatic carbocycles. The first-order valence-electron chi connectivity index (χ1n) is 7.71. The van der Waals surface area contributed by atoms with Gasteiger partial charge in [0.2, 0.25) is 11.8 Å². The van der Waals surface area contributed by atoms with Crippen molar-refractivity contribution in [2.45, 2.75) is 12.8 Å². The van der Waals surface area contributed by atoms with E-state index >= 15 is 0 Å². The summed E-state index contributed by atoms with van der Waals surface area (Å²) in [5.74, 6) is -0.784. The molecule has 2 aromatic rings. The van der Waals surface area contributed by atoms with Crippen LogP contribution in [-0.4, -0.2) is 11.8 Å². The lowest BCUT2D eigenvalue weighted by Crippen LogP contribution is -2.35. The summed E-state index contributed by atoms with van der Waals surface area (Å²) in [5, 5.41) is 23.2. The van der Waals surface area contributed by atoms with Crippen molar-refractivity contribution in [1.82, 2.24) is 0 Å². The van der Waals surface area contributed by atoms with Gasteiger partial charge in [0.1, 0.15) is 5.41 Å². The first-order valence-corrected chi connectivity index (χ1v) is 7.71. The number of carbonyl (C=O) groups excluding carboxylic acids is 2. The number of nitrogens with one attached hydrogen (secondary N) is 2. The van der Waals surface area contributed by atoms with Crippen molar-refractivity contribution < 1.29 is 9.59 Å². The third kappa shape index (κ3) is 3.34. The fourth-order valence-electron chi connectivity index (χ4n) is 2.52. The largest absolute Gasteiger partial charge is 0.325 e. The summed E-state index contributed by atoms with van der Waals surface area (Å²) in [6, 6.07) is 17.1. The Labute approximate surface area is 144 Å². The van der Waals surface area contributed by atoms with Crippen molar-refractivity contribution in [2.24, 2.45) is 5.41 Å². The van der Waals surface area contributed by atoms with E-state index in [-0.39, 0.29) is 0 Å². The first-order chi connectivity index (χ1) is 12.1. The molecule has 0 unspecified atom stereocenters. The molecule has 6 nitrogen and oxygen atoms in total. The lowest BCUT2D eigenvalue weighted by atomic mass is 10.0. The van der Waals surface area contributed by atoms with E-state index in [4.69, 9.17) is 10.5 Å². The third-order valence-corrected chi connectivity index (χ3v) is 4.12. The number of nitriles is 2. The Kier molecular flexibility index (Phi) is 4.20. The van der Waals surface area contributed by atoms with Crippen molar-refractivity contribution in [3.05, 3.63) is 59.7 Å². The zero-order valence-electron chi connectivity index (χ0n) is 13.2. The number of rotatable bonds is 4. The number of hydrogen-bond donors (Lipinski definition) is 2. The summed E-state index contributed by atoms with van der Waals surface area (Å²) in [7, 11) is 0. The highest BCUT2D eigenvalue weighted by Crippen LogP contribution is 2.47. The molecule has 0 aromatic heterocycles. The molecular weight excluding hydrogens is 316 g/mol. The maximum absolute atomic E-state index is 12.5. The van der Waals surface area contributed by atoms with E-state index in [1.54, 1.807) is 48.5 Å². The highest BCUT2D eigenvalue weighted by molar-refractivity contribution is 6.16. The van der Waals surface area contributed by atoms with Crippen LogP contribution >= 0.6 is 0 Å². The van der Waals surface area contributed by atoms with Crippen LogP contribution in [0, 0.1) is 28.1 Å². The Balaban J connectivity index is 1.72. The molecule has 122 valence electrons. The molecule has 0 spiro atoms. The maximum Gasteiger partial charge on any atom is 0.240 e. The molecule has 2 amide bonds. The van der Waals surface area contributed by atoms with Crippen LogP contribution in [0.3, 0.4) is 0 Å². The fourth-order valence-corrected chi connectivity index (χ4v) is 2.52. The molecule has 2 N–H and O–H groups in total. The van der Waals surface area contributed by atoms with Gasteiger partial charge < -0.3 is 10.6 Å². The average Bonchev–Trinajstić information content (AvgIpc) is 3.44. The van der Waals surface area contributed by atoms with Crippen LogP contribution in [0.1, 0.15) is 24.0 Å². The third-order valence-electron chi connectivity index (χ3n) is 4.12. The van der Waals surface area contributed by atoms with Crippen molar-refractivity contribution in [3.8, 4) is 12.1 Å². The summed E-state index contributed by atoms with van der Waals surface area (Å²) in [5.41, 5.74) is 0.718. The lowest BCUT2D eigenvalue weighted by Gasteiger charge is -2.15. The van der Waals surface area contributed by atoms with E-state index in [2.05, 4.69) is 10.6 Å². The van der Waals surface area contributed by atoms with Crippen molar-refractivity contribution in [2.75, 3.05) is 10.6 Å². The molecule has 1 fully saturated rings. The predicted octanol–water partition coefficient (Wildman–Crippen LogP) is 2.79. The van der Waals surface area contributed by atoms with E-state index in [1.165, 1.54) is 0 Å². The van der Waals surface area contributed by atoms with Crippen LogP contribution in [0.4, 0.5) is 11.4 Å². The Morgan fingerprint density at radius 3 is 1.64 bits per heavy atom. The van der Waals surface area contributed by atoms with Gasteiger partial charge in [-0.05, 0) is 49.2 Å². The number of nitrogens with zero attached hydrogens (tertiary/aromatic N) is 2. The second-order valence-corrected chi connectivity index (χ2v) is 5.88. The van der Waals surface area contributed by atoms with Crippen molar-refractivity contribution in [3.63, 3.8) is 0 Å². The summed E-state index contributed by atoms with van der Waals surface area (Å²) in [6.45, 7) is 0. The minimum Gasteiger partial charge on any atom is -0.325 e. The monoisotopic (exact) mass is 330 g/mol. The summed E-state index contributed by atoms with van der Waals surface area (Å²) >= 11 is 0. The van der Waals surface area contributed by atoms with Gasteiger partial charge in [0, 0.05) is 11.4 Å². The molecule has 1 aliphatic rings. The fraction of sp³-hybridized carbons (Fsp3) is 0.158. The van der Waals surface area contributed by atoms with Gasteiger partial charge in [0.15, 0.2) is 0 Å². The quantitative estimate of drug-likeness (QED) is 0.841. The van der Waals surface area contributed by atoms with Crippen LogP contribution in [0.15, 0.2) is 48.5 Å². The van der Waals surface area contributed by atoms with E-state index in [0.29, 0.717) is 35.3 Å². The van der Waals surface area contributed by atoms with Crippen molar-refractivity contribution in [1.29, 1.82) is 10.5 Å². The molecule has 25 heavy (non-hydrogen) atoms. The smallest absolute Gasteiger partial charge is 0.240 e. The second-order valence-electron chi connectivity index (χ2n) is 5.88. The first kappa shape index (κ1) is 16.2. The van der Waals surface area contributed by atoms with Gasteiger partial charge in [-0.1, -0.05) is 12.1 Å². The summed E-state index contributed by atoms with van der Waals surface area (Å²) in [4.78, 5) is 25.1. The molecule has 6 heteroatoms. The minimum atomic E-state index is -1.11. The predicted molar refractivity (Wildman–Crippen MR) is 91.2 cm³/mol. The van der Waals surface area contributed by atoms with Crippen LogP contribution < -0.4 is 10.6 Å². The Hall–Kier alpha value is -3.64. The van der Waals surface area contributed by atoms with Crippen molar-refractivity contribution >= 4 is 23.2 Å².